The Hall–Kier alpha value is -2.85. The molecule has 1 atom stereocenters. The van der Waals surface area contributed by atoms with Crippen LogP contribution in [0.1, 0.15) is 27.0 Å². The fourth-order valence-corrected chi connectivity index (χ4v) is 4.29. The van der Waals surface area contributed by atoms with Crippen molar-refractivity contribution < 1.29 is 4.79 Å². The first-order chi connectivity index (χ1) is 12.3. The molecular formula is C21H16N2OS. The van der Waals surface area contributed by atoms with E-state index in [1.54, 1.807) is 11.8 Å². The molecule has 1 N–H and O–H groups in total. The molecule has 0 amide bonds. The van der Waals surface area contributed by atoms with Crippen molar-refractivity contribution in [3.8, 4) is 0 Å². The van der Waals surface area contributed by atoms with E-state index in [4.69, 9.17) is 0 Å². The second-order valence-corrected chi connectivity index (χ2v) is 6.95. The zero-order valence-electron chi connectivity index (χ0n) is 13.4. The molecule has 3 aromatic rings. The van der Waals surface area contributed by atoms with E-state index in [1.807, 2.05) is 72.8 Å². The van der Waals surface area contributed by atoms with Gasteiger partial charge in [-0.3, -0.25) is 10.2 Å². The number of hydrazone groups is 1. The number of rotatable bonds is 4. The van der Waals surface area contributed by atoms with Gasteiger partial charge in [-0.05, 0) is 5.56 Å². The summed E-state index contributed by atoms with van der Waals surface area (Å²) in [5.41, 5.74) is 7.01. The number of thioether (sulfide) groups is 1. The molecule has 0 radical (unpaired) electrons. The standard InChI is InChI=1S/C21H16N2OS/c24-15-17-11-7-8-14-19(17)21(18-12-5-2-6-13-18)23-22-20(25-21)16-9-3-1-4-10-16/h1-15,23H. The summed E-state index contributed by atoms with van der Waals surface area (Å²) in [7, 11) is 0. The van der Waals surface area contributed by atoms with Gasteiger partial charge in [0.1, 0.15) is 11.3 Å². The van der Waals surface area contributed by atoms with Crippen LogP contribution in [0, 0.1) is 0 Å². The van der Waals surface area contributed by atoms with Crippen molar-refractivity contribution in [1.82, 2.24) is 5.43 Å². The van der Waals surface area contributed by atoms with E-state index in [0.717, 1.165) is 28.0 Å². The smallest absolute Gasteiger partial charge is 0.157 e. The van der Waals surface area contributed by atoms with Crippen molar-refractivity contribution in [2.75, 3.05) is 0 Å². The Kier molecular flexibility index (Phi) is 4.12. The van der Waals surface area contributed by atoms with Crippen molar-refractivity contribution in [1.29, 1.82) is 0 Å². The molecule has 1 aliphatic rings. The molecule has 122 valence electrons. The lowest BCUT2D eigenvalue weighted by Crippen LogP contribution is -2.35. The molecule has 4 heteroatoms. The van der Waals surface area contributed by atoms with Gasteiger partial charge in [0.2, 0.25) is 0 Å². The van der Waals surface area contributed by atoms with Gasteiger partial charge in [0, 0.05) is 16.7 Å². The maximum absolute atomic E-state index is 11.6. The lowest BCUT2D eigenvalue weighted by atomic mass is 9.94. The third-order valence-corrected chi connectivity index (χ3v) is 5.61. The average Bonchev–Trinajstić information content (AvgIpc) is 3.16. The van der Waals surface area contributed by atoms with Crippen molar-refractivity contribution >= 4 is 23.1 Å². The van der Waals surface area contributed by atoms with E-state index in [2.05, 4.69) is 22.7 Å². The van der Waals surface area contributed by atoms with E-state index in [0.29, 0.717) is 5.56 Å². The minimum Gasteiger partial charge on any atom is -0.298 e. The van der Waals surface area contributed by atoms with Gasteiger partial charge in [-0.15, -0.1) is 0 Å². The predicted octanol–water partition coefficient (Wildman–Crippen LogP) is 4.40. The van der Waals surface area contributed by atoms with E-state index in [1.165, 1.54) is 0 Å². The number of carbonyl (C=O) groups is 1. The van der Waals surface area contributed by atoms with Gasteiger partial charge in [0.25, 0.3) is 0 Å². The lowest BCUT2D eigenvalue weighted by molar-refractivity contribution is 0.112. The summed E-state index contributed by atoms with van der Waals surface area (Å²) < 4.78 is 0. The highest BCUT2D eigenvalue weighted by atomic mass is 32.2. The Balaban J connectivity index is 1.84. The van der Waals surface area contributed by atoms with E-state index < -0.39 is 4.87 Å². The van der Waals surface area contributed by atoms with Crippen molar-refractivity contribution in [3.05, 3.63) is 107 Å². The van der Waals surface area contributed by atoms with Gasteiger partial charge in [-0.25, -0.2) is 0 Å². The largest absolute Gasteiger partial charge is 0.298 e. The highest BCUT2D eigenvalue weighted by Crippen LogP contribution is 2.46. The maximum Gasteiger partial charge on any atom is 0.157 e. The van der Waals surface area contributed by atoms with Gasteiger partial charge in [0.05, 0.1) is 0 Å². The molecule has 3 nitrogen and oxygen atoms in total. The van der Waals surface area contributed by atoms with Crippen LogP contribution in [-0.4, -0.2) is 11.3 Å². The molecule has 1 heterocycles. The van der Waals surface area contributed by atoms with Crippen LogP contribution < -0.4 is 5.43 Å². The number of aldehydes is 1. The summed E-state index contributed by atoms with van der Waals surface area (Å²) in [5, 5.41) is 5.51. The molecule has 0 bridgehead atoms. The van der Waals surface area contributed by atoms with Crippen LogP contribution in [0.3, 0.4) is 0 Å². The third-order valence-electron chi connectivity index (χ3n) is 4.23. The number of nitrogens with one attached hydrogen (secondary N) is 1. The van der Waals surface area contributed by atoms with Crippen molar-refractivity contribution in [3.63, 3.8) is 0 Å². The van der Waals surface area contributed by atoms with Crippen LogP contribution in [0.4, 0.5) is 0 Å². The minimum atomic E-state index is -0.621. The Morgan fingerprint density at radius 3 is 2.20 bits per heavy atom. The Labute approximate surface area is 150 Å². The molecule has 3 aromatic carbocycles. The van der Waals surface area contributed by atoms with Gasteiger partial charge in [0.15, 0.2) is 4.87 Å². The molecule has 0 spiro atoms. The number of hydrogen-bond donors (Lipinski definition) is 1. The fraction of sp³-hybridized carbons (Fsp3) is 0.0476. The molecule has 0 aliphatic carbocycles. The second kappa shape index (κ2) is 6.57. The number of carbonyl (C=O) groups excluding carboxylic acids is 1. The molecule has 0 saturated carbocycles. The van der Waals surface area contributed by atoms with E-state index >= 15 is 0 Å². The van der Waals surface area contributed by atoms with Gasteiger partial charge < -0.3 is 0 Å². The van der Waals surface area contributed by atoms with Gasteiger partial charge in [-0.2, -0.15) is 5.10 Å². The van der Waals surface area contributed by atoms with E-state index in [9.17, 15) is 4.79 Å². The second-order valence-electron chi connectivity index (χ2n) is 5.75. The summed E-state index contributed by atoms with van der Waals surface area (Å²) in [5.74, 6) is 0. The maximum atomic E-state index is 11.6. The highest BCUT2D eigenvalue weighted by molar-refractivity contribution is 8.15. The predicted molar refractivity (Wildman–Crippen MR) is 103 cm³/mol. The fourth-order valence-electron chi connectivity index (χ4n) is 3.01. The summed E-state index contributed by atoms with van der Waals surface area (Å²) in [6.45, 7) is 0. The minimum absolute atomic E-state index is 0.621. The molecule has 1 aliphatic heterocycles. The van der Waals surface area contributed by atoms with Crippen LogP contribution in [0.25, 0.3) is 0 Å². The molecule has 0 saturated heterocycles. The number of hydrogen-bond acceptors (Lipinski definition) is 4. The molecule has 25 heavy (non-hydrogen) atoms. The highest BCUT2D eigenvalue weighted by Gasteiger charge is 2.42. The zero-order chi connectivity index (χ0) is 17.1. The van der Waals surface area contributed by atoms with Crippen LogP contribution in [0.15, 0.2) is 90.0 Å². The molecule has 4 rings (SSSR count). The summed E-state index contributed by atoms with van der Waals surface area (Å²) in [6, 6.07) is 27.9. The molecule has 0 fully saturated rings. The Morgan fingerprint density at radius 2 is 1.48 bits per heavy atom. The number of benzene rings is 3. The third kappa shape index (κ3) is 2.75. The average molecular weight is 344 g/mol. The molecule has 0 aromatic heterocycles. The summed E-state index contributed by atoms with van der Waals surface area (Å²) in [4.78, 5) is 11.0. The van der Waals surface area contributed by atoms with E-state index in [-0.39, 0.29) is 0 Å². The summed E-state index contributed by atoms with van der Waals surface area (Å²) >= 11 is 1.63. The topological polar surface area (TPSA) is 41.5 Å². The van der Waals surface area contributed by atoms with Crippen LogP contribution in [0.5, 0.6) is 0 Å². The van der Waals surface area contributed by atoms with Gasteiger partial charge >= 0.3 is 0 Å². The van der Waals surface area contributed by atoms with Crippen molar-refractivity contribution in [2.45, 2.75) is 4.87 Å². The normalized spacial score (nSPS) is 19.1. The number of nitrogens with zero attached hydrogens (tertiary/aromatic N) is 1. The van der Waals surface area contributed by atoms with Crippen LogP contribution in [-0.2, 0) is 4.87 Å². The monoisotopic (exact) mass is 344 g/mol. The molecule has 1 unspecified atom stereocenters. The first-order valence-corrected chi connectivity index (χ1v) is 8.85. The SMILES string of the molecule is O=Cc1ccccc1C1(c2ccccc2)NN=C(c2ccccc2)S1. The zero-order valence-corrected chi connectivity index (χ0v) is 14.2. The van der Waals surface area contributed by atoms with Crippen LogP contribution in [0.2, 0.25) is 0 Å². The van der Waals surface area contributed by atoms with Gasteiger partial charge in [-0.1, -0.05) is 96.7 Å². The first-order valence-electron chi connectivity index (χ1n) is 8.03. The Bertz CT molecular complexity index is 925. The first kappa shape index (κ1) is 15.7. The van der Waals surface area contributed by atoms with Crippen LogP contribution >= 0.6 is 11.8 Å². The lowest BCUT2D eigenvalue weighted by Gasteiger charge is -2.30. The summed E-state index contributed by atoms with van der Waals surface area (Å²) in [6.07, 6.45) is 0.906. The molecular weight excluding hydrogens is 328 g/mol. The Morgan fingerprint density at radius 1 is 0.840 bits per heavy atom. The van der Waals surface area contributed by atoms with Crippen molar-refractivity contribution in [2.24, 2.45) is 5.10 Å². The quantitative estimate of drug-likeness (QED) is 0.713.